The van der Waals surface area contributed by atoms with E-state index in [1.165, 1.54) is 0 Å². The number of hydrogen-bond acceptors (Lipinski definition) is 6. The Balaban J connectivity index is 2.09. The second-order valence-corrected chi connectivity index (χ2v) is 7.23. The molecule has 1 aromatic carbocycles. The molecule has 0 unspecified atom stereocenters. The van der Waals surface area contributed by atoms with E-state index < -0.39 is 60.6 Å². The van der Waals surface area contributed by atoms with Gasteiger partial charge in [-0.1, -0.05) is 18.2 Å². The number of primary amides is 1. The standard InChI is InChI=1S/C20H25N5O7/c21-12(7-10-9-23-13-4-2-1-3-11(10)13)18(29)24-14(5-6-17(27)28)19(30)25-15(20(31)32)8-16(22)26/h1-4,9,12,14-15,23H,5-8,21H2,(H2,22,26)(H,24,29)(H,25,30)(H,27,28)(H,31,32)/t12-,14-,15-/m0/s1. The van der Waals surface area contributed by atoms with Crippen molar-refractivity contribution < 1.29 is 34.2 Å². The molecule has 3 atom stereocenters. The number of nitrogens with two attached hydrogens (primary N) is 2. The minimum Gasteiger partial charge on any atom is -0.481 e. The lowest BCUT2D eigenvalue weighted by Gasteiger charge is -2.22. The molecule has 12 heteroatoms. The fourth-order valence-corrected chi connectivity index (χ4v) is 3.12. The third kappa shape index (κ3) is 6.80. The van der Waals surface area contributed by atoms with E-state index in [0.29, 0.717) is 0 Å². The molecule has 12 nitrogen and oxygen atoms in total. The predicted molar refractivity (Wildman–Crippen MR) is 112 cm³/mol. The minimum atomic E-state index is -1.62. The Morgan fingerprint density at radius 3 is 2.28 bits per heavy atom. The molecular weight excluding hydrogens is 422 g/mol. The van der Waals surface area contributed by atoms with Crippen LogP contribution in [-0.4, -0.2) is 63.0 Å². The van der Waals surface area contributed by atoms with Crippen LogP contribution in [-0.2, 0) is 30.4 Å². The molecule has 0 bridgehead atoms. The maximum Gasteiger partial charge on any atom is 0.326 e. The maximum atomic E-state index is 12.6. The molecule has 172 valence electrons. The fourth-order valence-electron chi connectivity index (χ4n) is 3.12. The molecule has 0 aliphatic heterocycles. The van der Waals surface area contributed by atoms with E-state index in [4.69, 9.17) is 21.7 Å². The number of carbonyl (C=O) groups is 5. The number of aliphatic carboxylic acids is 2. The highest BCUT2D eigenvalue weighted by atomic mass is 16.4. The van der Waals surface area contributed by atoms with Crippen molar-refractivity contribution in [3.63, 3.8) is 0 Å². The van der Waals surface area contributed by atoms with E-state index in [-0.39, 0.29) is 12.8 Å². The van der Waals surface area contributed by atoms with Crippen LogP contribution in [0.4, 0.5) is 0 Å². The third-order valence-corrected chi connectivity index (χ3v) is 4.75. The number of rotatable bonds is 12. The number of hydrogen-bond donors (Lipinski definition) is 7. The molecule has 0 radical (unpaired) electrons. The van der Waals surface area contributed by atoms with E-state index >= 15 is 0 Å². The summed E-state index contributed by atoms with van der Waals surface area (Å²) in [5.74, 6) is -5.36. The number of aromatic amines is 1. The van der Waals surface area contributed by atoms with Gasteiger partial charge in [0.15, 0.2) is 0 Å². The SMILES string of the molecule is NC(=O)C[C@H](NC(=O)[C@H](CCC(=O)O)NC(=O)[C@@H](N)Cc1c[nH]c2ccccc12)C(=O)O. The van der Waals surface area contributed by atoms with Crippen molar-refractivity contribution in [3.8, 4) is 0 Å². The van der Waals surface area contributed by atoms with Crippen molar-refractivity contribution >= 4 is 40.6 Å². The number of carbonyl (C=O) groups excluding carboxylic acids is 3. The van der Waals surface area contributed by atoms with E-state index in [2.05, 4.69) is 15.6 Å². The van der Waals surface area contributed by atoms with Gasteiger partial charge in [-0.15, -0.1) is 0 Å². The highest BCUT2D eigenvalue weighted by molar-refractivity contribution is 5.93. The number of nitrogens with one attached hydrogen (secondary N) is 3. The molecular formula is C20H25N5O7. The van der Waals surface area contributed by atoms with E-state index in [0.717, 1.165) is 16.5 Å². The third-order valence-electron chi connectivity index (χ3n) is 4.75. The van der Waals surface area contributed by atoms with Crippen molar-refractivity contribution in [2.24, 2.45) is 11.5 Å². The molecule has 0 aliphatic rings. The van der Waals surface area contributed by atoms with E-state index in [1.807, 2.05) is 24.3 Å². The molecule has 0 saturated carbocycles. The Labute approximate surface area is 182 Å². The summed E-state index contributed by atoms with van der Waals surface area (Å²) in [7, 11) is 0. The number of benzene rings is 1. The van der Waals surface area contributed by atoms with E-state index in [1.54, 1.807) is 6.20 Å². The van der Waals surface area contributed by atoms with Crippen molar-refractivity contribution in [2.75, 3.05) is 0 Å². The number of para-hydroxylation sites is 1. The number of fused-ring (bicyclic) bond motifs is 1. The normalized spacial score (nSPS) is 13.7. The van der Waals surface area contributed by atoms with E-state index in [9.17, 15) is 24.0 Å². The van der Waals surface area contributed by atoms with Gasteiger partial charge in [0, 0.05) is 23.5 Å². The first-order valence-corrected chi connectivity index (χ1v) is 9.72. The van der Waals surface area contributed by atoms with Gasteiger partial charge >= 0.3 is 11.9 Å². The van der Waals surface area contributed by atoms with Crippen LogP contribution in [0.5, 0.6) is 0 Å². The second kappa shape index (κ2) is 10.9. The zero-order chi connectivity index (χ0) is 23.8. The topological polar surface area (TPSA) is 218 Å². The van der Waals surface area contributed by atoms with Gasteiger partial charge < -0.3 is 37.3 Å². The van der Waals surface area contributed by atoms with Gasteiger partial charge in [0.1, 0.15) is 12.1 Å². The fraction of sp³-hybridized carbons (Fsp3) is 0.350. The van der Waals surface area contributed by atoms with Crippen LogP contribution >= 0.6 is 0 Å². The molecule has 9 N–H and O–H groups in total. The van der Waals surface area contributed by atoms with Crippen LogP contribution in [0.2, 0.25) is 0 Å². The lowest BCUT2D eigenvalue weighted by molar-refractivity contribution is -0.144. The molecule has 3 amide bonds. The van der Waals surface area contributed by atoms with Crippen LogP contribution in [0.25, 0.3) is 10.9 Å². The molecule has 2 aromatic rings. The molecule has 32 heavy (non-hydrogen) atoms. The largest absolute Gasteiger partial charge is 0.481 e. The first-order chi connectivity index (χ1) is 15.1. The summed E-state index contributed by atoms with van der Waals surface area (Å²) in [5.41, 5.74) is 12.6. The first-order valence-electron chi connectivity index (χ1n) is 9.72. The predicted octanol–water partition coefficient (Wildman–Crippen LogP) is -1.17. The smallest absolute Gasteiger partial charge is 0.326 e. The number of carboxylic acid groups (broad SMARTS) is 2. The average Bonchev–Trinajstić information content (AvgIpc) is 3.12. The Kier molecular flexibility index (Phi) is 8.30. The van der Waals surface area contributed by atoms with Gasteiger partial charge in [0.2, 0.25) is 17.7 Å². The monoisotopic (exact) mass is 447 g/mol. The summed E-state index contributed by atoms with van der Waals surface area (Å²) in [5, 5.41) is 23.4. The average molecular weight is 447 g/mol. The minimum absolute atomic E-state index is 0.141. The van der Waals surface area contributed by atoms with Crippen LogP contribution in [0.3, 0.4) is 0 Å². The molecule has 2 rings (SSSR count). The van der Waals surface area contributed by atoms with Gasteiger partial charge in [-0.05, 0) is 24.5 Å². The summed E-state index contributed by atoms with van der Waals surface area (Å²) in [6.45, 7) is 0. The van der Waals surface area contributed by atoms with Crippen molar-refractivity contribution in [1.29, 1.82) is 0 Å². The Morgan fingerprint density at radius 2 is 1.66 bits per heavy atom. The molecule has 1 heterocycles. The summed E-state index contributed by atoms with van der Waals surface area (Å²) >= 11 is 0. The van der Waals surface area contributed by atoms with Gasteiger partial charge in [0.05, 0.1) is 12.5 Å². The van der Waals surface area contributed by atoms with Gasteiger partial charge in [-0.2, -0.15) is 0 Å². The van der Waals surface area contributed by atoms with Gasteiger partial charge in [-0.25, -0.2) is 4.79 Å². The van der Waals surface area contributed by atoms with Crippen molar-refractivity contribution in [2.45, 2.75) is 43.8 Å². The van der Waals surface area contributed by atoms with Gasteiger partial charge in [-0.3, -0.25) is 19.2 Å². The summed E-state index contributed by atoms with van der Waals surface area (Å²) < 4.78 is 0. The number of aromatic nitrogens is 1. The van der Waals surface area contributed by atoms with Gasteiger partial charge in [0.25, 0.3) is 0 Å². The quantitative estimate of drug-likeness (QED) is 0.210. The highest BCUT2D eigenvalue weighted by Crippen LogP contribution is 2.18. The summed E-state index contributed by atoms with van der Waals surface area (Å²) in [4.78, 5) is 61.4. The highest BCUT2D eigenvalue weighted by Gasteiger charge is 2.29. The number of carboxylic acids is 2. The molecule has 0 aliphatic carbocycles. The molecule has 0 spiro atoms. The summed E-state index contributed by atoms with van der Waals surface area (Å²) in [6, 6.07) is 3.36. The van der Waals surface area contributed by atoms with Crippen LogP contribution < -0.4 is 22.1 Å². The lowest BCUT2D eigenvalue weighted by Crippen LogP contribution is -2.55. The molecule has 0 saturated heterocycles. The Morgan fingerprint density at radius 1 is 1.00 bits per heavy atom. The number of H-pyrrole nitrogens is 1. The zero-order valence-electron chi connectivity index (χ0n) is 17.0. The van der Waals surface area contributed by atoms with Crippen molar-refractivity contribution in [1.82, 2.24) is 15.6 Å². The summed E-state index contributed by atoms with van der Waals surface area (Å²) in [6.07, 6.45) is 0.413. The maximum absolute atomic E-state index is 12.6. The molecule has 1 aromatic heterocycles. The number of amides is 3. The Bertz CT molecular complexity index is 1020. The first kappa shape index (κ1) is 24.3. The zero-order valence-corrected chi connectivity index (χ0v) is 17.0. The van der Waals surface area contributed by atoms with Crippen LogP contribution in [0, 0.1) is 0 Å². The lowest BCUT2D eigenvalue weighted by atomic mass is 10.0. The Hall–Kier alpha value is -3.93. The molecule has 0 fully saturated rings. The van der Waals surface area contributed by atoms with Crippen molar-refractivity contribution in [3.05, 3.63) is 36.0 Å². The van der Waals surface area contributed by atoms with Crippen LogP contribution in [0.1, 0.15) is 24.8 Å². The second-order valence-electron chi connectivity index (χ2n) is 7.23. The van der Waals surface area contributed by atoms with Crippen LogP contribution in [0.15, 0.2) is 30.5 Å².